The van der Waals surface area contributed by atoms with Crippen molar-refractivity contribution < 1.29 is 0 Å². The van der Waals surface area contributed by atoms with E-state index in [1.807, 2.05) is 0 Å². The number of hydrogen-bond acceptors (Lipinski definition) is 1. The summed E-state index contributed by atoms with van der Waals surface area (Å²) < 4.78 is 0. The standard InChI is InChI=1S/C13H27N/c1-11(2)5-6-13-7-9-14(10-8-13)12(3)4/h11-13H,5-10H2,1-4H3. The molecule has 0 amide bonds. The molecule has 1 fully saturated rings. The summed E-state index contributed by atoms with van der Waals surface area (Å²) in [6.45, 7) is 12.0. The highest BCUT2D eigenvalue weighted by Gasteiger charge is 2.20. The molecule has 0 bridgehead atoms. The Kier molecular flexibility index (Phi) is 4.94. The van der Waals surface area contributed by atoms with E-state index in [-0.39, 0.29) is 0 Å². The smallest absolute Gasteiger partial charge is 0.00385 e. The quantitative estimate of drug-likeness (QED) is 0.666. The minimum Gasteiger partial charge on any atom is -0.301 e. The maximum atomic E-state index is 2.62. The van der Waals surface area contributed by atoms with Gasteiger partial charge in [0.15, 0.2) is 0 Å². The van der Waals surface area contributed by atoms with Gasteiger partial charge in [-0.25, -0.2) is 0 Å². The molecule has 0 N–H and O–H groups in total. The lowest BCUT2D eigenvalue weighted by Gasteiger charge is -2.34. The normalized spacial score (nSPS) is 21.0. The Bertz CT molecular complexity index is 143. The Balaban J connectivity index is 2.16. The maximum absolute atomic E-state index is 2.62. The summed E-state index contributed by atoms with van der Waals surface area (Å²) in [7, 11) is 0. The third-order valence-corrected chi connectivity index (χ3v) is 3.53. The summed E-state index contributed by atoms with van der Waals surface area (Å²) in [6.07, 6.45) is 5.76. The number of rotatable bonds is 4. The minimum absolute atomic E-state index is 0.751. The molecule has 1 aliphatic heterocycles. The lowest BCUT2D eigenvalue weighted by atomic mass is 9.89. The van der Waals surface area contributed by atoms with E-state index in [0.29, 0.717) is 0 Å². The van der Waals surface area contributed by atoms with Crippen molar-refractivity contribution in [2.24, 2.45) is 11.8 Å². The average Bonchev–Trinajstić information content (AvgIpc) is 2.15. The van der Waals surface area contributed by atoms with Gasteiger partial charge in [-0.2, -0.15) is 0 Å². The van der Waals surface area contributed by atoms with E-state index >= 15 is 0 Å². The van der Waals surface area contributed by atoms with Gasteiger partial charge in [0, 0.05) is 6.04 Å². The highest BCUT2D eigenvalue weighted by atomic mass is 15.1. The molecule has 1 heteroatoms. The summed E-state index contributed by atoms with van der Waals surface area (Å²) in [5, 5.41) is 0. The Morgan fingerprint density at radius 3 is 2.07 bits per heavy atom. The van der Waals surface area contributed by atoms with Crippen molar-refractivity contribution in [3.8, 4) is 0 Å². The van der Waals surface area contributed by atoms with Gasteiger partial charge in [0.1, 0.15) is 0 Å². The first-order chi connectivity index (χ1) is 6.59. The van der Waals surface area contributed by atoms with E-state index in [2.05, 4.69) is 32.6 Å². The monoisotopic (exact) mass is 197 g/mol. The van der Waals surface area contributed by atoms with Crippen molar-refractivity contribution in [1.29, 1.82) is 0 Å². The van der Waals surface area contributed by atoms with Crippen LogP contribution in [0.25, 0.3) is 0 Å². The van der Waals surface area contributed by atoms with Crippen molar-refractivity contribution in [1.82, 2.24) is 4.90 Å². The average molecular weight is 197 g/mol. The molecule has 14 heavy (non-hydrogen) atoms. The summed E-state index contributed by atoms with van der Waals surface area (Å²) in [5.41, 5.74) is 0. The topological polar surface area (TPSA) is 3.24 Å². The van der Waals surface area contributed by atoms with Gasteiger partial charge in [-0.15, -0.1) is 0 Å². The van der Waals surface area contributed by atoms with Crippen LogP contribution in [0.3, 0.4) is 0 Å². The van der Waals surface area contributed by atoms with Gasteiger partial charge in [0.25, 0.3) is 0 Å². The summed E-state index contributed by atoms with van der Waals surface area (Å²) in [5.74, 6) is 1.91. The third-order valence-electron chi connectivity index (χ3n) is 3.53. The van der Waals surface area contributed by atoms with Gasteiger partial charge < -0.3 is 4.90 Å². The zero-order valence-electron chi connectivity index (χ0n) is 10.4. The largest absolute Gasteiger partial charge is 0.301 e. The zero-order chi connectivity index (χ0) is 10.6. The third kappa shape index (κ3) is 4.00. The lowest BCUT2D eigenvalue weighted by molar-refractivity contribution is 0.143. The number of piperidine rings is 1. The van der Waals surface area contributed by atoms with Gasteiger partial charge in [-0.3, -0.25) is 0 Å². The van der Waals surface area contributed by atoms with Gasteiger partial charge >= 0.3 is 0 Å². The fraction of sp³-hybridized carbons (Fsp3) is 1.00. The fourth-order valence-corrected chi connectivity index (χ4v) is 2.33. The number of nitrogens with zero attached hydrogens (tertiary/aromatic N) is 1. The van der Waals surface area contributed by atoms with Gasteiger partial charge in [0.2, 0.25) is 0 Å². The Morgan fingerprint density at radius 1 is 1.07 bits per heavy atom. The zero-order valence-corrected chi connectivity index (χ0v) is 10.4. The first-order valence-electron chi connectivity index (χ1n) is 6.33. The molecule has 0 saturated carbocycles. The minimum atomic E-state index is 0.751. The van der Waals surface area contributed by atoms with Crippen LogP contribution in [-0.4, -0.2) is 24.0 Å². The fourth-order valence-electron chi connectivity index (χ4n) is 2.33. The van der Waals surface area contributed by atoms with Gasteiger partial charge in [-0.1, -0.05) is 26.7 Å². The molecule has 0 aromatic carbocycles. The van der Waals surface area contributed by atoms with Gasteiger partial charge in [-0.05, 0) is 51.6 Å². The molecule has 1 nitrogen and oxygen atoms in total. The first-order valence-corrected chi connectivity index (χ1v) is 6.33. The summed E-state index contributed by atoms with van der Waals surface area (Å²) in [6, 6.07) is 0.751. The SMILES string of the molecule is CC(C)CCC1CCN(C(C)C)CC1. The molecule has 1 aliphatic rings. The van der Waals surface area contributed by atoms with Crippen LogP contribution in [0.4, 0.5) is 0 Å². The maximum Gasteiger partial charge on any atom is 0.00385 e. The van der Waals surface area contributed by atoms with Crippen molar-refractivity contribution in [3.05, 3.63) is 0 Å². The van der Waals surface area contributed by atoms with E-state index in [9.17, 15) is 0 Å². The molecule has 0 aromatic heterocycles. The van der Waals surface area contributed by atoms with Crippen LogP contribution < -0.4 is 0 Å². The Morgan fingerprint density at radius 2 is 1.64 bits per heavy atom. The molecule has 1 saturated heterocycles. The van der Waals surface area contributed by atoms with Crippen LogP contribution >= 0.6 is 0 Å². The molecule has 0 unspecified atom stereocenters. The number of likely N-dealkylation sites (tertiary alicyclic amines) is 1. The second kappa shape index (κ2) is 5.75. The van der Waals surface area contributed by atoms with Crippen molar-refractivity contribution in [2.45, 2.75) is 59.4 Å². The van der Waals surface area contributed by atoms with Gasteiger partial charge in [0.05, 0.1) is 0 Å². The molecule has 0 spiro atoms. The molecular weight excluding hydrogens is 170 g/mol. The second-order valence-electron chi connectivity index (χ2n) is 5.54. The van der Waals surface area contributed by atoms with Crippen LogP contribution in [0.15, 0.2) is 0 Å². The second-order valence-corrected chi connectivity index (χ2v) is 5.54. The van der Waals surface area contributed by atoms with Crippen LogP contribution in [0.1, 0.15) is 53.4 Å². The highest BCUT2D eigenvalue weighted by Crippen LogP contribution is 2.24. The first kappa shape index (κ1) is 12.0. The molecule has 84 valence electrons. The predicted molar refractivity (Wildman–Crippen MR) is 63.5 cm³/mol. The van der Waals surface area contributed by atoms with Crippen LogP contribution in [0.5, 0.6) is 0 Å². The van der Waals surface area contributed by atoms with E-state index < -0.39 is 0 Å². The predicted octanol–water partition coefficient (Wildman–Crippen LogP) is 3.54. The van der Waals surface area contributed by atoms with Crippen LogP contribution in [-0.2, 0) is 0 Å². The van der Waals surface area contributed by atoms with E-state index in [4.69, 9.17) is 0 Å². The Labute approximate surface area is 89.9 Å². The molecule has 0 aliphatic carbocycles. The van der Waals surface area contributed by atoms with Crippen LogP contribution in [0, 0.1) is 11.8 Å². The molecule has 1 heterocycles. The molecular formula is C13H27N. The molecule has 0 atom stereocenters. The van der Waals surface area contributed by atoms with Crippen molar-refractivity contribution >= 4 is 0 Å². The Hall–Kier alpha value is -0.0400. The van der Waals surface area contributed by atoms with Crippen molar-refractivity contribution in [2.75, 3.05) is 13.1 Å². The van der Waals surface area contributed by atoms with E-state index in [0.717, 1.165) is 17.9 Å². The lowest BCUT2D eigenvalue weighted by Crippen LogP contribution is -2.38. The van der Waals surface area contributed by atoms with E-state index in [1.54, 1.807) is 0 Å². The number of hydrogen-bond donors (Lipinski definition) is 0. The molecule has 1 rings (SSSR count). The van der Waals surface area contributed by atoms with E-state index in [1.165, 1.54) is 38.8 Å². The molecule has 0 radical (unpaired) electrons. The summed E-state index contributed by atoms with van der Waals surface area (Å²) in [4.78, 5) is 2.62. The molecule has 0 aromatic rings. The summed E-state index contributed by atoms with van der Waals surface area (Å²) >= 11 is 0. The van der Waals surface area contributed by atoms with Crippen molar-refractivity contribution in [3.63, 3.8) is 0 Å². The van der Waals surface area contributed by atoms with Crippen LogP contribution in [0.2, 0.25) is 0 Å². The highest BCUT2D eigenvalue weighted by molar-refractivity contribution is 4.74.